The Morgan fingerprint density at radius 1 is 1.48 bits per heavy atom. The summed E-state index contributed by atoms with van der Waals surface area (Å²) in [6.07, 6.45) is 5.81. The van der Waals surface area contributed by atoms with Crippen molar-refractivity contribution in [1.82, 2.24) is 14.9 Å². The maximum atomic E-state index is 12.0. The fourth-order valence-electron chi connectivity index (χ4n) is 2.52. The molecule has 1 aliphatic heterocycles. The summed E-state index contributed by atoms with van der Waals surface area (Å²) in [5.41, 5.74) is 0.817. The molecule has 0 unspecified atom stereocenters. The highest BCUT2D eigenvalue weighted by Crippen LogP contribution is 2.17. The number of amides is 1. The molecular formula is C16H24N4O. The molecule has 1 fully saturated rings. The Hall–Kier alpha value is -1.91. The van der Waals surface area contributed by atoms with Crippen LogP contribution in [0.3, 0.4) is 0 Å². The average molecular weight is 288 g/mol. The van der Waals surface area contributed by atoms with Gasteiger partial charge in [0.05, 0.1) is 5.69 Å². The van der Waals surface area contributed by atoms with E-state index in [1.165, 1.54) is 0 Å². The molecule has 0 aromatic carbocycles. The Balaban J connectivity index is 1.83. The van der Waals surface area contributed by atoms with Crippen molar-refractivity contribution in [3.05, 3.63) is 24.7 Å². The average Bonchev–Trinajstić information content (AvgIpc) is 2.47. The van der Waals surface area contributed by atoms with Crippen molar-refractivity contribution in [3.8, 4) is 0 Å². The number of carbonyl (C=O) groups is 1. The topological polar surface area (TPSA) is 58.1 Å². The largest absolute Gasteiger partial charge is 0.367 e. The van der Waals surface area contributed by atoms with Crippen molar-refractivity contribution in [3.63, 3.8) is 0 Å². The van der Waals surface area contributed by atoms with Crippen LogP contribution in [0.4, 0.5) is 5.82 Å². The second kappa shape index (κ2) is 7.20. The van der Waals surface area contributed by atoms with Gasteiger partial charge in [-0.3, -0.25) is 4.79 Å². The quantitative estimate of drug-likeness (QED) is 0.904. The first kappa shape index (κ1) is 15.5. The Bertz CT molecular complexity index is 493. The SMILES string of the molecule is C=Cc1cc(NC2CCN(C(=O)CC(C)C)CC2)ncn1. The number of piperidine rings is 1. The van der Waals surface area contributed by atoms with Gasteiger partial charge in [-0.05, 0) is 24.8 Å². The van der Waals surface area contributed by atoms with Crippen LogP contribution in [0.5, 0.6) is 0 Å². The van der Waals surface area contributed by atoms with E-state index in [4.69, 9.17) is 0 Å². The standard InChI is InChI=1S/C16H24N4O/c1-4-13-10-15(18-11-17-13)19-14-5-7-20(8-6-14)16(21)9-12(2)3/h4,10-12,14H,1,5-9H2,2-3H3,(H,17,18,19). The molecule has 2 heterocycles. The third-order valence-electron chi connectivity index (χ3n) is 3.68. The number of likely N-dealkylation sites (tertiary alicyclic amines) is 1. The van der Waals surface area contributed by atoms with Crippen LogP contribution in [0, 0.1) is 5.92 Å². The van der Waals surface area contributed by atoms with Gasteiger partial charge in [-0.1, -0.05) is 20.4 Å². The van der Waals surface area contributed by atoms with Crippen molar-refractivity contribution in [1.29, 1.82) is 0 Å². The molecule has 1 N–H and O–H groups in total. The molecule has 21 heavy (non-hydrogen) atoms. The maximum absolute atomic E-state index is 12.0. The van der Waals surface area contributed by atoms with Gasteiger partial charge in [-0.25, -0.2) is 9.97 Å². The molecule has 0 spiro atoms. The van der Waals surface area contributed by atoms with E-state index in [2.05, 4.69) is 35.7 Å². The Labute approximate surface area is 126 Å². The van der Waals surface area contributed by atoms with Gasteiger partial charge in [-0.2, -0.15) is 0 Å². The van der Waals surface area contributed by atoms with E-state index in [9.17, 15) is 4.79 Å². The summed E-state index contributed by atoms with van der Waals surface area (Å²) >= 11 is 0. The van der Waals surface area contributed by atoms with Gasteiger partial charge < -0.3 is 10.2 Å². The number of hydrogen-bond acceptors (Lipinski definition) is 4. The van der Waals surface area contributed by atoms with Gasteiger partial charge in [0.1, 0.15) is 12.1 Å². The van der Waals surface area contributed by atoms with Crippen LogP contribution in [-0.4, -0.2) is 39.9 Å². The normalized spacial score (nSPS) is 16.0. The number of anilines is 1. The Morgan fingerprint density at radius 3 is 2.81 bits per heavy atom. The van der Waals surface area contributed by atoms with Gasteiger partial charge in [-0.15, -0.1) is 0 Å². The van der Waals surface area contributed by atoms with Crippen molar-refractivity contribution in [2.45, 2.75) is 39.2 Å². The summed E-state index contributed by atoms with van der Waals surface area (Å²) in [6, 6.07) is 2.25. The van der Waals surface area contributed by atoms with E-state index in [1.54, 1.807) is 12.4 Å². The molecule has 5 nitrogen and oxygen atoms in total. The number of nitrogens with zero attached hydrogens (tertiary/aromatic N) is 3. The molecule has 0 bridgehead atoms. The maximum Gasteiger partial charge on any atom is 0.222 e. The van der Waals surface area contributed by atoms with Crippen LogP contribution < -0.4 is 5.32 Å². The first-order valence-corrected chi connectivity index (χ1v) is 7.57. The van der Waals surface area contributed by atoms with Crippen molar-refractivity contribution >= 4 is 17.8 Å². The molecule has 1 amide bonds. The molecule has 1 aromatic rings. The van der Waals surface area contributed by atoms with Gasteiger partial charge in [0, 0.05) is 31.6 Å². The molecule has 0 radical (unpaired) electrons. The van der Waals surface area contributed by atoms with E-state index in [0.29, 0.717) is 18.4 Å². The minimum atomic E-state index is 0.277. The number of aromatic nitrogens is 2. The molecule has 0 atom stereocenters. The number of carbonyl (C=O) groups excluding carboxylic acids is 1. The second-order valence-corrected chi connectivity index (χ2v) is 5.93. The summed E-state index contributed by atoms with van der Waals surface area (Å²) in [7, 11) is 0. The summed E-state index contributed by atoms with van der Waals surface area (Å²) in [6.45, 7) is 9.52. The summed E-state index contributed by atoms with van der Waals surface area (Å²) in [5.74, 6) is 1.53. The van der Waals surface area contributed by atoms with Gasteiger partial charge in [0.25, 0.3) is 0 Å². The zero-order chi connectivity index (χ0) is 15.2. The zero-order valence-electron chi connectivity index (χ0n) is 12.9. The number of nitrogens with one attached hydrogen (secondary N) is 1. The summed E-state index contributed by atoms with van der Waals surface area (Å²) < 4.78 is 0. The molecule has 5 heteroatoms. The van der Waals surface area contributed by atoms with Crippen molar-refractivity contribution < 1.29 is 4.79 Å². The zero-order valence-corrected chi connectivity index (χ0v) is 12.9. The highest BCUT2D eigenvalue weighted by Gasteiger charge is 2.23. The van der Waals surface area contributed by atoms with Gasteiger partial charge in [0.2, 0.25) is 5.91 Å². The minimum absolute atomic E-state index is 0.277. The van der Waals surface area contributed by atoms with E-state index in [-0.39, 0.29) is 5.91 Å². The fourth-order valence-corrected chi connectivity index (χ4v) is 2.52. The second-order valence-electron chi connectivity index (χ2n) is 5.93. The predicted octanol–water partition coefficient (Wildman–Crippen LogP) is 2.57. The summed E-state index contributed by atoms with van der Waals surface area (Å²) in [5, 5.41) is 3.42. The van der Waals surface area contributed by atoms with Crippen LogP contribution in [0.15, 0.2) is 19.0 Å². The first-order chi connectivity index (χ1) is 10.1. The monoisotopic (exact) mass is 288 g/mol. The molecular weight excluding hydrogens is 264 g/mol. The molecule has 2 rings (SSSR count). The number of hydrogen-bond donors (Lipinski definition) is 1. The highest BCUT2D eigenvalue weighted by molar-refractivity contribution is 5.76. The molecule has 0 saturated carbocycles. The van der Waals surface area contributed by atoms with E-state index in [1.807, 2.05) is 11.0 Å². The van der Waals surface area contributed by atoms with Crippen LogP contribution in [0.1, 0.15) is 38.8 Å². The molecule has 1 aliphatic rings. The lowest BCUT2D eigenvalue weighted by molar-refractivity contribution is -0.132. The smallest absolute Gasteiger partial charge is 0.222 e. The van der Waals surface area contributed by atoms with Gasteiger partial charge in [0.15, 0.2) is 0 Å². The minimum Gasteiger partial charge on any atom is -0.367 e. The predicted molar refractivity (Wildman–Crippen MR) is 84.8 cm³/mol. The Morgan fingerprint density at radius 2 is 2.19 bits per heavy atom. The van der Waals surface area contributed by atoms with E-state index < -0.39 is 0 Å². The Kier molecular flexibility index (Phi) is 5.31. The van der Waals surface area contributed by atoms with Crippen LogP contribution in [0.2, 0.25) is 0 Å². The molecule has 1 aromatic heterocycles. The molecule has 1 saturated heterocycles. The van der Waals surface area contributed by atoms with Gasteiger partial charge >= 0.3 is 0 Å². The fraction of sp³-hybridized carbons (Fsp3) is 0.562. The number of rotatable bonds is 5. The third-order valence-corrected chi connectivity index (χ3v) is 3.68. The molecule has 0 aliphatic carbocycles. The van der Waals surface area contributed by atoms with Crippen molar-refractivity contribution in [2.75, 3.05) is 18.4 Å². The molecule has 114 valence electrons. The lowest BCUT2D eigenvalue weighted by Crippen LogP contribution is -2.42. The highest BCUT2D eigenvalue weighted by atomic mass is 16.2. The lowest BCUT2D eigenvalue weighted by atomic mass is 10.0. The van der Waals surface area contributed by atoms with Crippen molar-refractivity contribution in [2.24, 2.45) is 5.92 Å². The van der Waals surface area contributed by atoms with Crippen LogP contribution in [-0.2, 0) is 4.79 Å². The lowest BCUT2D eigenvalue weighted by Gasteiger charge is -2.33. The third kappa shape index (κ3) is 4.55. The first-order valence-electron chi connectivity index (χ1n) is 7.57. The van der Waals surface area contributed by atoms with E-state index in [0.717, 1.165) is 37.4 Å². The van der Waals surface area contributed by atoms with Crippen LogP contribution in [0.25, 0.3) is 6.08 Å². The van der Waals surface area contributed by atoms with E-state index >= 15 is 0 Å². The summed E-state index contributed by atoms with van der Waals surface area (Å²) in [4.78, 5) is 22.3. The van der Waals surface area contributed by atoms with Crippen LogP contribution >= 0.6 is 0 Å².